The average molecular weight is 282 g/mol. The molecule has 18 heavy (non-hydrogen) atoms. The molecule has 0 saturated heterocycles. The summed E-state index contributed by atoms with van der Waals surface area (Å²) in [6.07, 6.45) is 0. The molecule has 0 aliphatic carbocycles. The quantitative estimate of drug-likeness (QED) is 0.880. The Balaban J connectivity index is 2.40. The van der Waals surface area contributed by atoms with Crippen LogP contribution >= 0.6 is 11.6 Å². The van der Waals surface area contributed by atoms with Crippen LogP contribution in [-0.2, 0) is 15.6 Å². The SMILES string of the molecule is Nc1ccccc1CS(=O)(=O)c1ccccc1Cl. The standard InChI is InChI=1S/C13H12ClNO2S/c14-11-6-2-4-8-13(11)18(16,17)9-10-5-1-3-7-12(10)15/h1-8H,9,15H2. The van der Waals surface area contributed by atoms with Gasteiger partial charge in [-0.2, -0.15) is 0 Å². The Morgan fingerprint density at radius 3 is 2.28 bits per heavy atom. The Kier molecular flexibility index (Phi) is 3.59. The van der Waals surface area contributed by atoms with Gasteiger partial charge in [0.05, 0.1) is 15.7 Å². The van der Waals surface area contributed by atoms with E-state index < -0.39 is 9.84 Å². The maximum atomic E-state index is 12.2. The van der Waals surface area contributed by atoms with Crippen LogP contribution in [-0.4, -0.2) is 8.42 Å². The molecule has 0 atom stereocenters. The second-order valence-corrected chi connectivity index (χ2v) is 6.25. The summed E-state index contributed by atoms with van der Waals surface area (Å²) in [5.41, 5.74) is 6.79. The first kappa shape index (κ1) is 12.9. The van der Waals surface area contributed by atoms with Crippen molar-refractivity contribution in [2.75, 3.05) is 5.73 Å². The molecular weight excluding hydrogens is 270 g/mol. The predicted molar refractivity (Wildman–Crippen MR) is 73.2 cm³/mol. The van der Waals surface area contributed by atoms with Gasteiger partial charge in [0.1, 0.15) is 0 Å². The van der Waals surface area contributed by atoms with Crippen LogP contribution in [0.2, 0.25) is 5.02 Å². The second kappa shape index (κ2) is 5.00. The summed E-state index contributed by atoms with van der Waals surface area (Å²) in [5.74, 6) is -0.149. The first-order valence-corrected chi connectivity index (χ1v) is 7.34. The molecule has 2 N–H and O–H groups in total. The van der Waals surface area contributed by atoms with Gasteiger partial charge in [-0.05, 0) is 23.8 Å². The molecule has 0 aliphatic heterocycles. The average Bonchev–Trinajstić information content (AvgIpc) is 2.32. The molecule has 0 amide bonds. The smallest absolute Gasteiger partial charge is 0.184 e. The summed E-state index contributed by atoms with van der Waals surface area (Å²) in [5, 5.41) is 0.229. The fourth-order valence-electron chi connectivity index (χ4n) is 1.65. The van der Waals surface area contributed by atoms with Gasteiger partial charge in [0.2, 0.25) is 0 Å². The summed E-state index contributed by atoms with van der Waals surface area (Å²) in [6.45, 7) is 0. The molecule has 0 unspecified atom stereocenters. The number of nitrogens with two attached hydrogens (primary N) is 1. The number of para-hydroxylation sites is 1. The summed E-state index contributed by atoms with van der Waals surface area (Å²) >= 11 is 5.90. The summed E-state index contributed by atoms with van der Waals surface area (Å²) in [4.78, 5) is 0.134. The van der Waals surface area contributed by atoms with Crippen LogP contribution < -0.4 is 5.73 Å². The molecule has 94 valence electrons. The van der Waals surface area contributed by atoms with Crippen LogP contribution in [0.15, 0.2) is 53.4 Å². The molecule has 0 heterocycles. The Bertz CT molecular complexity index is 668. The van der Waals surface area contributed by atoms with Crippen molar-refractivity contribution in [1.29, 1.82) is 0 Å². The van der Waals surface area contributed by atoms with E-state index in [1.807, 2.05) is 0 Å². The lowest BCUT2D eigenvalue weighted by atomic mass is 10.2. The highest BCUT2D eigenvalue weighted by Crippen LogP contribution is 2.25. The van der Waals surface area contributed by atoms with Gasteiger partial charge in [-0.3, -0.25) is 0 Å². The van der Waals surface area contributed by atoms with E-state index in [4.69, 9.17) is 17.3 Å². The van der Waals surface area contributed by atoms with Crippen LogP contribution in [0.1, 0.15) is 5.56 Å². The van der Waals surface area contributed by atoms with E-state index >= 15 is 0 Å². The third-order valence-corrected chi connectivity index (χ3v) is 4.73. The van der Waals surface area contributed by atoms with Crippen molar-refractivity contribution >= 4 is 27.1 Å². The van der Waals surface area contributed by atoms with E-state index in [2.05, 4.69) is 0 Å². The molecule has 3 nitrogen and oxygen atoms in total. The van der Waals surface area contributed by atoms with Crippen LogP contribution in [0.25, 0.3) is 0 Å². The van der Waals surface area contributed by atoms with E-state index in [1.165, 1.54) is 6.07 Å². The number of benzene rings is 2. The topological polar surface area (TPSA) is 60.2 Å². The summed E-state index contributed by atoms with van der Waals surface area (Å²) in [6, 6.07) is 13.3. The molecule has 0 spiro atoms. The third-order valence-electron chi connectivity index (χ3n) is 2.57. The Labute approximate surface area is 111 Å². The van der Waals surface area contributed by atoms with Crippen LogP contribution in [0, 0.1) is 0 Å². The molecule has 2 aromatic rings. The van der Waals surface area contributed by atoms with Crippen molar-refractivity contribution < 1.29 is 8.42 Å². The van der Waals surface area contributed by atoms with E-state index in [-0.39, 0.29) is 15.7 Å². The van der Waals surface area contributed by atoms with E-state index in [0.29, 0.717) is 11.3 Å². The number of nitrogen functional groups attached to an aromatic ring is 1. The number of hydrogen-bond donors (Lipinski definition) is 1. The van der Waals surface area contributed by atoms with Gasteiger partial charge < -0.3 is 5.73 Å². The fraction of sp³-hybridized carbons (Fsp3) is 0.0769. The van der Waals surface area contributed by atoms with Crippen LogP contribution in [0.5, 0.6) is 0 Å². The van der Waals surface area contributed by atoms with Gasteiger partial charge in [-0.1, -0.05) is 41.9 Å². The monoisotopic (exact) mass is 281 g/mol. The van der Waals surface area contributed by atoms with Crippen molar-refractivity contribution in [3.05, 3.63) is 59.1 Å². The zero-order chi connectivity index (χ0) is 13.2. The van der Waals surface area contributed by atoms with Gasteiger partial charge >= 0.3 is 0 Å². The predicted octanol–water partition coefficient (Wildman–Crippen LogP) is 2.90. The molecule has 0 saturated carbocycles. The maximum absolute atomic E-state index is 12.2. The number of anilines is 1. The van der Waals surface area contributed by atoms with Gasteiger partial charge in [0, 0.05) is 5.69 Å². The molecule has 0 aromatic heterocycles. The first-order valence-electron chi connectivity index (χ1n) is 5.31. The lowest BCUT2D eigenvalue weighted by Gasteiger charge is -2.08. The number of hydrogen-bond acceptors (Lipinski definition) is 3. The van der Waals surface area contributed by atoms with Crippen molar-refractivity contribution in [3.63, 3.8) is 0 Å². The van der Waals surface area contributed by atoms with Gasteiger partial charge in [-0.25, -0.2) is 8.42 Å². The molecule has 0 radical (unpaired) electrons. The number of rotatable bonds is 3. The minimum absolute atomic E-state index is 0.134. The lowest BCUT2D eigenvalue weighted by Crippen LogP contribution is -2.07. The maximum Gasteiger partial charge on any atom is 0.184 e. The van der Waals surface area contributed by atoms with Crippen molar-refractivity contribution in [2.45, 2.75) is 10.6 Å². The number of sulfone groups is 1. The highest BCUT2D eigenvalue weighted by atomic mass is 35.5. The van der Waals surface area contributed by atoms with E-state index in [1.54, 1.807) is 42.5 Å². The zero-order valence-electron chi connectivity index (χ0n) is 9.51. The van der Waals surface area contributed by atoms with Gasteiger partial charge in [-0.15, -0.1) is 0 Å². The Morgan fingerprint density at radius 1 is 1.00 bits per heavy atom. The minimum Gasteiger partial charge on any atom is -0.398 e. The summed E-state index contributed by atoms with van der Waals surface area (Å²) in [7, 11) is -3.48. The molecule has 2 rings (SSSR count). The molecule has 5 heteroatoms. The highest BCUT2D eigenvalue weighted by molar-refractivity contribution is 7.90. The Hall–Kier alpha value is -1.52. The lowest BCUT2D eigenvalue weighted by molar-refractivity contribution is 0.595. The van der Waals surface area contributed by atoms with Gasteiger partial charge in [0.15, 0.2) is 9.84 Å². The molecule has 0 bridgehead atoms. The molecule has 0 fully saturated rings. The molecular formula is C13H12ClNO2S. The van der Waals surface area contributed by atoms with E-state index in [0.717, 1.165) is 0 Å². The normalized spacial score (nSPS) is 11.4. The van der Waals surface area contributed by atoms with Crippen LogP contribution in [0.4, 0.5) is 5.69 Å². The third kappa shape index (κ3) is 2.66. The molecule has 0 aliphatic rings. The largest absolute Gasteiger partial charge is 0.398 e. The Morgan fingerprint density at radius 2 is 1.61 bits per heavy atom. The van der Waals surface area contributed by atoms with Crippen molar-refractivity contribution in [1.82, 2.24) is 0 Å². The molecule has 2 aromatic carbocycles. The highest BCUT2D eigenvalue weighted by Gasteiger charge is 2.19. The minimum atomic E-state index is -3.48. The van der Waals surface area contributed by atoms with E-state index in [9.17, 15) is 8.42 Å². The summed E-state index contributed by atoms with van der Waals surface area (Å²) < 4.78 is 24.5. The second-order valence-electron chi connectivity index (χ2n) is 3.89. The number of halogens is 1. The van der Waals surface area contributed by atoms with Crippen molar-refractivity contribution in [2.24, 2.45) is 0 Å². The zero-order valence-corrected chi connectivity index (χ0v) is 11.1. The van der Waals surface area contributed by atoms with Crippen LogP contribution in [0.3, 0.4) is 0 Å². The van der Waals surface area contributed by atoms with Gasteiger partial charge in [0.25, 0.3) is 0 Å². The fourth-order valence-corrected chi connectivity index (χ4v) is 3.61. The van der Waals surface area contributed by atoms with Crippen molar-refractivity contribution in [3.8, 4) is 0 Å². The first-order chi connectivity index (χ1) is 8.50.